The monoisotopic (exact) mass is 562 g/mol. The van der Waals surface area contributed by atoms with Gasteiger partial charge in [0.25, 0.3) is 0 Å². The summed E-state index contributed by atoms with van der Waals surface area (Å²) in [5.41, 5.74) is 4.43. The topological polar surface area (TPSA) is 95.8 Å². The van der Waals surface area contributed by atoms with E-state index in [1.165, 1.54) is 29.1 Å². The normalized spacial score (nSPS) is 17.9. The summed E-state index contributed by atoms with van der Waals surface area (Å²) in [6, 6.07) is 16.0. The predicted molar refractivity (Wildman–Crippen MR) is 157 cm³/mol. The lowest BCUT2D eigenvalue weighted by molar-refractivity contribution is -0.120. The maximum absolute atomic E-state index is 13.6. The maximum Gasteiger partial charge on any atom is 0.248 e. The van der Waals surface area contributed by atoms with Crippen LogP contribution in [0.5, 0.6) is 0 Å². The molecule has 9 heteroatoms. The third-order valence-corrected chi connectivity index (χ3v) is 9.89. The van der Waals surface area contributed by atoms with Crippen molar-refractivity contribution in [1.82, 2.24) is 14.4 Å². The van der Waals surface area contributed by atoms with Crippen molar-refractivity contribution in [2.24, 2.45) is 5.92 Å². The molecule has 2 saturated heterocycles. The van der Waals surface area contributed by atoms with Gasteiger partial charge in [-0.25, -0.2) is 8.42 Å². The van der Waals surface area contributed by atoms with Gasteiger partial charge in [-0.2, -0.15) is 4.31 Å². The van der Waals surface area contributed by atoms with Crippen LogP contribution >= 0.6 is 0 Å². The molecule has 212 valence electrons. The molecule has 0 bridgehead atoms. The minimum absolute atomic E-state index is 0.0660. The maximum atomic E-state index is 13.6. The number of hydrogen-bond donors (Lipinski definition) is 1. The number of rotatable bonds is 8. The van der Waals surface area contributed by atoms with E-state index < -0.39 is 10.0 Å². The summed E-state index contributed by atoms with van der Waals surface area (Å²) < 4.78 is 34.0. The first-order valence-corrected chi connectivity index (χ1v) is 15.6. The molecular formula is C31H38N4O4S. The Hall–Kier alpha value is -3.27. The fourth-order valence-electron chi connectivity index (χ4n) is 5.45. The highest BCUT2D eigenvalue weighted by atomic mass is 32.2. The van der Waals surface area contributed by atoms with Gasteiger partial charge < -0.3 is 9.84 Å². The zero-order valence-electron chi connectivity index (χ0n) is 23.3. The minimum Gasteiger partial charge on any atom is -0.355 e. The van der Waals surface area contributed by atoms with Crippen LogP contribution in [0.15, 0.2) is 57.9 Å². The summed E-state index contributed by atoms with van der Waals surface area (Å²) in [5, 5.41) is 6.96. The van der Waals surface area contributed by atoms with Crippen LogP contribution < -0.4 is 5.32 Å². The molecule has 1 N–H and O–H groups in total. The quantitative estimate of drug-likeness (QED) is 0.390. The first-order valence-electron chi connectivity index (χ1n) is 14.1. The lowest BCUT2D eigenvalue weighted by atomic mass is 9.97. The van der Waals surface area contributed by atoms with Gasteiger partial charge in [0.05, 0.1) is 0 Å². The van der Waals surface area contributed by atoms with E-state index in [4.69, 9.17) is 4.52 Å². The Balaban J connectivity index is 1.17. The molecule has 2 aromatic carbocycles. The average molecular weight is 563 g/mol. The summed E-state index contributed by atoms with van der Waals surface area (Å²) in [6.07, 6.45) is 8.22. The third kappa shape index (κ3) is 6.71. The van der Waals surface area contributed by atoms with Crippen LogP contribution in [-0.4, -0.2) is 54.9 Å². The highest BCUT2D eigenvalue weighted by Gasteiger charge is 2.36. The molecule has 3 aromatic rings. The molecule has 3 heterocycles. The number of benzene rings is 2. The number of sulfonamides is 1. The number of aromatic nitrogens is 1. The average Bonchev–Trinajstić information content (AvgIpc) is 3.35. The number of piperidine rings is 2. The van der Waals surface area contributed by atoms with Crippen molar-refractivity contribution in [3.8, 4) is 0 Å². The summed E-state index contributed by atoms with van der Waals surface area (Å²) in [7, 11) is -3.83. The number of carbonyl (C=O) groups excluding carboxylic acids is 1. The van der Waals surface area contributed by atoms with E-state index in [1.807, 2.05) is 49.4 Å². The Bertz CT molecular complexity index is 1430. The molecule has 40 heavy (non-hydrogen) atoms. The first-order chi connectivity index (χ1) is 19.3. The predicted octanol–water partition coefficient (Wildman–Crippen LogP) is 5.49. The second kappa shape index (κ2) is 12.5. The van der Waals surface area contributed by atoms with Gasteiger partial charge in [0.2, 0.25) is 15.9 Å². The molecule has 0 radical (unpaired) electrons. The number of anilines is 1. The molecule has 0 unspecified atom stereocenters. The molecule has 1 amide bonds. The number of aryl methyl sites for hydroxylation is 2. The van der Waals surface area contributed by atoms with Crippen LogP contribution in [0.25, 0.3) is 12.2 Å². The molecule has 2 aliphatic rings. The summed E-state index contributed by atoms with van der Waals surface area (Å²) in [4.78, 5) is 15.5. The molecule has 0 saturated carbocycles. The van der Waals surface area contributed by atoms with E-state index in [1.54, 1.807) is 13.0 Å². The van der Waals surface area contributed by atoms with Crippen molar-refractivity contribution in [2.75, 3.05) is 31.5 Å². The van der Waals surface area contributed by atoms with E-state index in [-0.39, 0.29) is 35.6 Å². The van der Waals surface area contributed by atoms with Crippen LogP contribution in [0.1, 0.15) is 60.2 Å². The zero-order chi connectivity index (χ0) is 28.1. The molecule has 0 spiro atoms. The van der Waals surface area contributed by atoms with E-state index in [0.717, 1.165) is 36.4 Å². The number of nitrogens with zero attached hydrogens (tertiary/aromatic N) is 3. The van der Waals surface area contributed by atoms with Crippen molar-refractivity contribution < 1.29 is 17.7 Å². The summed E-state index contributed by atoms with van der Waals surface area (Å²) >= 11 is 0. The summed E-state index contributed by atoms with van der Waals surface area (Å²) in [5.74, 6) is -0.102. The molecule has 2 aliphatic heterocycles. The number of hydrogen-bond acceptors (Lipinski definition) is 6. The Kier molecular flexibility index (Phi) is 8.83. The van der Waals surface area contributed by atoms with Crippen LogP contribution in [0, 0.1) is 19.8 Å². The molecule has 0 aliphatic carbocycles. The van der Waals surface area contributed by atoms with Gasteiger partial charge in [0, 0.05) is 31.2 Å². The smallest absolute Gasteiger partial charge is 0.248 e. The Labute approximate surface area is 237 Å². The van der Waals surface area contributed by atoms with Crippen LogP contribution in [0.3, 0.4) is 0 Å². The number of amides is 1. The van der Waals surface area contributed by atoms with Gasteiger partial charge in [-0.1, -0.05) is 59.6 Å². The van der Waals surface area contributed by atoms with E-state index in [0.29, 0.717) is 18.5 Å². The van der Waals surface area contributed by atoms with Crippen LogP contribution in [0.4, 0.5) is 5.69 Å². The van der Waals surface area contributed by atoms with Crippen molar-refractivity contribution in [2.45, 2.75) is 57.4 Å². The highest BCUT2D eigenvalue weighted by Crippen LogP contribution is 2.30. The van der Waals surface area contributed by atoms with Crippen molar-refractivity contribution in [1.29, 1.82) is 0 Å². The second-order valence-electron chi connectivity index (χ2n) is 10.9. The number of carbonyl (C=O) groups is 1. The van der Waals surface area contributed by atoms with Crippen molar-refractivity contribution in [3.05, 3.63) is 76.7 Å². The first kappa shape index (κ1) is 28.3. The van der Waals surface area contributed by atoms with E-state index in [9.17, 15) is 13.2 Å². The van der Waals surface area contributed by atoms with Crippen molar-refractivity contribution in [3.63, 3.8) is 0 Å². The standard InChI is InChI=1S/C31H38N4O4S/c1-23-6-8-25(9-7-23)12-15-29-30(24(2)33-39-29)40(37,38)35-20-16-27(17-21-35)31(36)32-28-13-10-26(11-14-28)22-34-18-4-3-5-19-34/h6-15,27H,3-5,16-22H2,1-2H3,(H,32,36)/b15-12+. The molecule has 5 rings (SSSR count). The Morgan fingerprint density at radius 1 is 0.950 bits per heavy atom. The summed E-state index contributed by atoms with van der Waals surface area (Å²) in [6.45, 7) is 7.42. The zero-order valence-corrected chi connectivity index (χ0v) is 24.1. The third-order valence-electron chi connectivity index (χ3n) is 7.84. The molecule has 0 atom stereocenters. The molecule has 2 fully saturated rings. The van der Waals surface area contributed by atoms with E-state index >= 15 is 0 Å². The van der Waals surface area contributed by atoms with Crippen LogP contribution in [0.2, 0.25) is 0 Å². The number of nitrogens with one attached hydrogen (secondary N) is 1. The number of likely N-dealkylation sites (tertiary alicyclic amines) is 1. The largest absolute Gasteiger partial charge is 0.355 e. The molecule has 1 aromatic heterocycles. The fraction of sp³-hybridized carbons (Fsp3) is 0.419. The SMILES string of the molecule is Cc1ccc(/C=C/c2onc(C)c2S(=O)(=O)N2CCC(C(=O)Nc3ccc(CN4CCCCC4)cc3)CC2)cc1. The molecule has 8 nitrogen and oxygen atoms in total. The highest BCUT2D eigenvalue weighted by molar-refractivity contribution is 7.89. The lowest BCUT2D eigenvalue weighted by Gasteiger charge is -2.30. The minimum atomic E-state index is -3.83. The van der Waals surface area contributed by atoms with Gasteiger partial charge >= 0.3 is 0 Å². The van der Waals surface area contributed by atoms with Gasteiger partial charge in [0.15, 0.2) is 10.7 Å². The van der Waals surface area contributed by atoms with Gasteiger partial charge in [-0.3, -0.25) is 9.69 Å². The lowest BCUT2D eigenvalue weighted by Crippen LogP contribution is -2.41. The van der Waals surface area contributed by atoms with Gasteiger partial charge in [0.1, 0.15) is 5.69 Å². The second-order valence-corrected chi connectivity index (χ2v) is 12.8. The molecular weight excluding hydrogens is 524 g/mol. The van der Waals surface area contributed by atoms with Crippen molar-refractivity contribution >= 4 is 33.8 Å². The Morgan fingerprint density at radius 3 is 2.30 bits per heavy atom. The Morgan fingerprint density at radius 2 is 1.62 bits per heavy atom. The van der Waals surface area contributed by atoms with Crippen LogP contribution in [-0.2, 0) is 21.4 Å². The fourth-order valence-corrected chi connectivity index (χ4v) is 7.17. The van der Waals surface area contributed by atoms with E-state index in [2.05, 4.69) is 27.5 Å². The van der Waals surface area contributed by atoms with Gasteiger partial charge in [-0.15, -0.1) is 0 Å². The van der Waals surface area contributed by atoms with Gasteiger partial charge in [-0.05, 0) is 82.0 Å².